The van der Waals surface area contributed by atoms with E-state index in [1.807, 2.05) is 0 Å². The predicted octanol–water partition coefficient (Wildman–Crippen LogP) is 10.1. The van der Waals surface area contributed by atoms with E-state index >= 15 is 0 Å². The Labute approximate surface area is 210 Å². The highest BCUT2D eigenvalue weighted by Gasteiger charge is 2.18. The second-order valence-electron chi connectivity index (χ2n) is 10.7. The first-order chi connectivity index (χ1) is 16.8. The molecule has 1 aliphatic rings. The molecule has 0 spiro atoms. The van der Waals surface area contributed by atoms with Gasteiger partial charge in [0.25, 0.3) is 0 Å². The third-order valence-corrected chi connectivity index (χ3v) is 7.76. The van der Waals surface area contributed by atoms with Crippen molar-refractivity contribution < 1.29 is 0 Å². The van der Waals surface area contributed by atoms with E-state index in [0.29, 0.717) is 0 Å². The molecule has 1 aliphatic carbocycles. The van der Waals surface area contributed by atoms with Crippen LogP contribution in [0.5, 0.6) is 0 Å². The van der Waals surface area contributed by atoms with Crippen LogP contribution in [0.1, 0.15) is 115 Å². The first-order valence-corrected chi connectivity index (χ1v) is 14.5. The number of pyridine rings is 1. The van der Waals surface area contributed by atoms with Crippen LogP contribution in [-0.2, 0) is 12.8 Å². The Morgan fingerprint density at radius 2 is 1.44 bits per heavy atom. The summed E-state index contributed by atoms with van der Waals surface area (Å²) in [6.45, 7) is 4.58. The fourth-order valence-electron chi connectivity index (χ4n) is 5.41. The molecule has 0 N–H and O–H groups in total. The van der Waals surface area contributed by atoms with E-state index in [-0.39, 0.29) is 0 Å². The van der Waals surface area contributed by atoms with Crippen molar-refractivity contribution in [2.45, 2.75) is 117 Å². The van der Waals surface area contributed by atoms with Gasteiger partial charge in [-0.05, 0) is 80.4 Å². The monoisotopic (exact) mass is 459 g/mol. The van der Waals surface area contributed by atoms with Gasteiger partial charge in [0.05, 0.1) is 5.69 Å². The van der Waals surface area contributed by atoms with Gasteiger partial charge in [0.2, 0.25) is 0 Å². The molecular formula is C33H49N. The molecule has 1 fully saturated rings. The average Bonchev–Trinajstić information content (AvgIpc) is 2.88. The Kier molecular flexibility index (Phi) is 12.5. The number of hydrogen-bond acceptors (Lipinski definition) is 1. The molecule has 1 heterocycles. The van der Waals surface area contributed by atoms with Crippen LogP contribution >= 0.6 is 0 Å². The van der Waals surface area contributed by atoms with E-state index in [4.69, 9.17) is 4.98 Å². The van der Waals surface area contributed by atoms with Crippen molar-refractivity contribution in [3.05, 3.63) is 65.9 Å². The minimum Gasteiger partial charge on any atom is -0.256 e. The summed E-state index contributed by atoms with van der Waals surface area (Å²) < 4.78 is 0. The van der Waals surface area contributed by atoms with Crippen molar-refractivity contribution in [3.63, 3.8) is 0 Å². The lowest BCUT2D eigenvalue weighted by Crippen LogP contribution is -2.13. The SMILES string of the molecule is CCCCCCCc1ccc(-c2ccc(CC/C=C/C3CCC(CCCCC)CC3)cc2)nc1. The fourth-order valence-corrected chi connectivity index (χ4v) is 5.41. The zero-order chi connectivity index (χ0) is 23.8. The molecule has 1 aromatic carbocycles. The van der Waals surface area contributed by atoms with Crippen LogP contribution in [0.15, 0.2) is 54.7 Å². The zero-order valence-electron chi connectivity index (χ0n) is 22.1. The summed E-state index contributed by atoms with van der Waals surface area (Å²) in [5, 5.41) is 0. The van der Waals surface area contributed by atoms with E-state index in [9.17, 15) is 0 Å². The maximum atomic E-state index is 4.74. The minimum atomic E-state index is 0.829. The largest absolute Gasteiger partial charge is 0.256 e. The van der Waals surface area contributed by atoms with Crippen LogP contribution in [0.25, 0.3) is 11.3 Å². The van der Waals surface area contributed by atoms with Crippen LogP contribution < -0.4 is 0 Å². The Bertz CT molecular complexity index is 793. The number of rotatable bonds is 15. The lowest BCUT2D eigenvalue weighted by molar-refractivity contribution is 0.289. The molecule has 34 heavy (non-hydrogen) atoms. The Morgan fingerprint density at radius 1 is 0.735 bits per heavy atom. The number of aromatic nitrogens is 1. The van der Waals surface area contributed by atoms with Gasteiger partial charge in [-0.3, -0.25) is 4.98 Å². The summed E-state index contributed by atoms with van der Waals surface area (Å²) in [6, 6.07) is 13.5. The van der Waals surface area contributed by atoms with E-state index in [0.717, 1.165) is 36.8 Å². The maximum absolute atomic E-state index is 4.74. The molecule has 1 nitrogen and oxygen atoms in total. The molecule has 1 heteroatoms. The number of benzene rings is 1. The highest BCUT2D eigenvalue weighted by molar-refractivity contribution is 5.59. The van der Waals surface area contributed by atoms with Crippen molar-refractivity contribution in [3.8, 4) is 11.3 Å². The van der Waals surface area contributed by atoms with Gasteiger partial charge in [-0.15, -0.1) is 0 Å². The van der Waals surface area contributed by atoms with Gasteiger partial charge in [-0.2, -0.15) is 0 Å². The summed E-state index contributed by atoms with van der Waals surface area (Å²) in [5.41, 5.74) is 5.11. The van der Waals surface area contributed by atoms with Crippen LogP contribution in [0.2, 0.25) is 0 Å². The van der Waals surface area contributed by atoms with Gasteiger partial charge in [0.1, 0.15) is 0 Å². The third kappa shape index (κ3) is 9.77. The molecule has 0 aliphatic heterocycles. The lowest BCUT2D eigenvalue weighted by Gasteiger charge is -2.26. The third-order valence-electron chi connectivity index (χ3n) is 7.76. The minimum absolute atomic E-state index is 0.829. The molecule has 0 radical (unpaired) electrons. The number of unbranched alkanes of at least 4 members (excludes halogenated alkanes) is 6. The Morgan fingerprint density at radius 3 is 2.15 bits per heavy atom. The number of aryl methyl sites for hydroxylation is 2. The topological polar surface area (TPSA) is 12.9 Å². The van der Waals surface area contributed by atoms with Gasteiger partial charge in [-0.25, -0.2) is 0 Å². The van der Waals surface area contributed by atoms with E-state index in [1.165, 1.54) is 100 Å². The molecule has 0 atom stereocenters. The highest BCUT2D eigenvalue weighted by Crippen LogP contribution is 2.32. The van der Waals surface area contributed by atoms with Gasteiger partial charge in [0, 0.05) is 11.8 Å². The van der Waals surface area contributed by atoms with E-state index in [2.05, 4.69) is 68.6 Å². The molecule has 0 amide bonds. The summed E-state index contributed by atoms with van der Waals surface area (Å²) in [7, 11) is 0. The molecule has 1 saturated carbocycles. The highest BCUT2D eigenvalue weighted by atomic mass is 14.7. The molecule has 1 aromatic heterocycles. The number of allylic oxidation sites excluding steroid dienone is 2. The second-order valence-corrected chi connectivity index (χ2v) is 10.7. The number of nitrogens with zero attached hydrogens (tertiary/aromatic N) is 1. The van der Waals surface area contributed by atoms with Crippen molar-refractivity contribution in [1.29, 1.82) is 0 Å². The van der Waals surface area contributed by atoms with Crippen molar-refractivity contribution in [2.75, 3.05) is 0 Å². The van der Waals surface area contributed by atoms with E-state index in [1.54, 1.807) is 0 Å². The summed E-state index contributed by atoms with van der Waals surface area (Å²) in [4.78, 5) is 4.74. The molecule has 0 saturated heterocycles. The molecule has 186 valence electrons. The van der Waals surface area contributed by atoms with E-state index < -0.39 is 0 Å². The van der Waals surface area contributed by atoms with Gasteiger partial charge in [0.15, 0.2) is 0 Å². The lowest BCUT2D eigenvalue weighted by atomic mass is 9.79. The maximum Gasteiger partial charge on any atom is 0.0702 e. The van der Waals surface area contributed by atoms with Crippen LogP contribution in [0.3, 0.4) is 0 Å². The first-order valence-electron chi connectivity index (χ1n) is 14.5. The standard InChI is InChI=1S/C33H49N/c1-3-5-7-8-10-16-31-23-26-33(34-27-31)32-24-21-30(22-25-32)15-12-11-14-29-19-17-28(18-20-29)13-9-6-4-2/h11,14,21-29H,3-10,12-13,15-20H2,1-2H3/b14-11+. The molecular weight excluding hydrogens is 410 g/mol. The van der Waals surface area contributed by atoms with Crippen LogP contribution in [-0.4, -0.2) is 4.98 Å². The predicted molar refractivity (Wildman–Crippen MR) is 149 cm³/mol. The smallest absolute Gasteiger partial charge is 0.0702 e. The van der Waals surface area contributed by atoms with Crippen LogP contribution in [0, 0.1) is 11.8 Å². The fraction of sp³-hybridized carbons (Fsp3) is 0.606. The second kappa shape index (κ2) is 15.9. The van der Waals surface area contributed by atoms with Gasteiger partial charge < -0.3 is 0 Å². The summed E-state index contributed by atoms with van der Waals surface area (Å²) in [6.07, 6.45) is 28.6. The van der Waals surface area contributed by atoms with Gasteiger partial charge >= 0.3 is 0 Å². The van der Waals surface area contributed by atoms with Crippen molar-refractivity contribution >= 4 is 0 Å². The number of hydrogen-bond donors (Lipinski definition) is 0. The Hall–Kier alpha value is -1.89. The zero-order valence-corrected chi connectivity index (χ0v) is 22.1. The quantitative estimate of drug-likeness (QED) is 0.191. The van der Waals surface area contributed by atoms with Crippen molar-refractivity contribution in [2.24, 2.45) is 11.8 Å². The summed E-state index contributed by atoms with van der Waals surface area (Å²) >= 11 is 0. The molecule has 3 rings (SSSR count). The van der Waals surface area contributed by atoms with Gasteiger partial charge in [-0.1, -0.05) is 108 Å². The molecule has 0 unspecified atom stereocenters. The van der Waals surface area contributed by atoms with Crippen LogP contribution in [0.4, 0.5) is 0 Å². The van der Waals surface area contributed by atoms with Crippen molar-refractivity contribution in [1.82, 2.24) is 4.98 Å². The summed E-state index contributed by atoms with van der Waals surface area (Å²) in [5.74, 6) is 1.84. The molecule has 0 bridgehead atoms. The first kappa shape index (κ1) is 26.7. The normalized spacial score (nSPS) is 18.5. The average molecular weight is 460 g/mol. The molecule has 2 aromatic rings. The Balaban J connectivity index is 1.35.